The first-order valence-corrected chi connectivity index (χ1v) is 15.1. The summed E-state index contributed by atoms with van der Waals surface area (Å²) in [5.41, 5.74) is -1.78. The number of hydrogen-bond acceptors (Lipinski definition) is 3. The molecule has 0 N–H and O–H groups in total. The molecule has 1 aromatic rings. The quantitative estimate of drug-likeness (QED) is 0.0967. The van der Waals surface area contributed by atoms with Gasteiger partial charge in [0.05, 0.1) is 17.7 Å². The summed E-state index contributed by atoms with van der Waals surface area (Å²) in [4.78, 5) is 26.5. The van der Waals surface area contributed by atoms with Crippen molar-refractivity contribution in [3.8, 4) is 0 Å². The average Bonchev–Trinajstić information content (AvgIpc) is 3.40. The fraction of sp³-hybridized carbons (Fsp3) is 0.742. The Hall–Kier alpha value is -2.12. The lowest BCUT2D eigenvalue weighted by Crippen LogP contribution is -2.42. The molecule has 1 fully saturated rings. The predicted molar refractivity (Wildman–Crippen MR) is 146 cm³/mol. The lowest BCUT2D eigenvalue weighted by atomic mass is 10.0. The first-order chi connectivity index (χ1) is 18.8. The molecule has 1 heterocycles. The van der Waals surface area contributed by atoms with E-state index in [1.807, 2.05) is 0 Å². The number of carbonyl (C=O) groups excluding carboxylic acids is 2. The van der Waals surface area contributed by atoms with Gasteiger partial charge in [-0.3, -0.25) is 4.79 Å². The zero-order chi connectivity index (χ0) is 28.5. The topological polar surface area (TPSA) is 46.6 Å². The van der Waals surface area contributed by atoms with Crippen LogP contribution in [0.15, 0.2) is 18.2 Å². The van der Waals surface area contributed by atoms with Crippen LogP contribution in [0.2, 0.25) is 0 Å². The Balaban J connectivity index is 1.55. The molecule has 4 nitrogen and oxygen atoms in total. The molecule has 0 aromatic heterocycles. The Morgan fingerprint density at radius 3 is 1.87 bits per heavy atom. The Morgan fingerprint density at radius 2 is 1.36 bits per heavy atom. The van der Waals surface area contributed by atoms with Crippen LogP contribution >= 0.6 is 0 Å². The van der Waals surface area contributed by atoms with Crippen molar-refractivity contribution in [1.29, 1.82) is 0 Å². The molecule has 1 atom stereocenters. The first-order valence-electron chi connectivity index (χ1n) is 15.1. The molecule has 0 bridgehead atoms. The number of alkyl halides is 3. The van der Waals surface area contributed by atoms with Crippen molar-refractivity contribution >= 4 is 11.9 Å². The second-order valence-electron chi connectivity index (χ2n) is 10.8. The third-order valence-electron chi connectivity index (χ3n) is 7.55. The van der Waals surface area contributed by atoms with Crippen LogP contribution in [0.25, 0.3) is 0 Å². The monoisotopic (exact) mass is 557 g/mol. The van der Waals surface area contributed by atoms with Gasteiger partial charge >= 0.3 is 12.1 Å². The highest BCUT2D eigenvalue weighted by Gasteiger charge is 2.38. The number of esters is 1. The predicted octanol–water partition coefficient (Wildman–Crippen LogP) is 9.25. The summed E-state index contributed by atoms with van der Waals surface area (Å²) in [5.74, 6) is -2.53. The van der Waals surface area contributed by atoms with E-state index >= 15 is 0 Å². The zero-order valence-corrected chi connectivity index (χ0v) is 23.6. The van der Waals surface area contributed by atoms with Gasteiger partial charge < -0.3 is 9.64 Å². The molecule has 1 aliphatic heterocycles. The van der Waals surface area contributed by atoms with Crippen molar-refractivity contribution in [2.24, 2.45) is 0 Å². The van der Waals surface area contributed by atoms with Gasteiger partial charge in [-0.25, -0.2) is 9.18 Å². The maximum atomic E-state index is 14.2. The van der Waals surface area contributed by atoms with Crippen LogP contribution < -0.4 is 0 Å². The number of benzene rings is 1. The van der Waals surface area contributed by atoms with E-state index < -0.39 is 41.0 Å². The summed E-state index contributed by atoms with van der Waals surface area (Å²) in [7, 11) is 0. The molecule has 1 unspecified atom stereocenters. The minimum atomic E-state index is -4.70. The highest BCUT2D eigenvalue weighted by Crippen LogP contribution is 2.31. The van der Waals surface area contributed by atoms with Gasteiger partial charge in [-0.15, -0.1) is 0 Å². The van der Waals surface area contributed by atoms with E-state index in [9.17, 15) is 27.2 Å². The molecule has 0 aliphatic carbocycles. The highest BCUT2D eigenvalue weighted by molar-refractivity contribution is 5.97. The third kappa shape index (κ3) is 12.3. The number of nitrogens with zero attached hydrogens (tertiary/aromatic N) is 1. The van der Waals surface area contributed by atoms with Crippen LogP contribution in [-0.4, -0.2) is 36.0 Å². The van der Waals surface area contributed by atoms with Crippen LogP contribution in [0.1, 0.15) is 138 Å². The van der Waals surface area contributed by atoms with Crippen molar-refractivity contribution in [2.75, 3.05) is 13.2 Å². The maximum absolute atomic E-state index is 14.2. The highest BCUT2D eigenvalue weighted by atomic mass is 19.4. The molecule has 1 saturated heterocycles. The first kappa shape index (κ1) is 33.1. The normalized spacial score (nSPS) is 15.6. The van der Waals surface area contributed by atoms with Crippen molar-refractivity contribution in [3.63, 3.8) is 0 Å². The van der Waals surface area contributed by atoms with Gasteiger partial charge in [0.25, 0.3) is 5.91 Å². The molecule has 0 spiro atoms. The fourth-order valence-electron chi connectivity index (χ4n) is 5.19. The molecule has 1 amide bonds. The summed E-state index contributed by atoms with van der Waals surface area (Å²) in [6, 6.07) is 0.846. The SMILES string of the molecule is CCCCCCCCCCCCCCCCCCOC(=O)C1CCCN1C(=O)c1cc(C(F)(F)F)ccc1F. The van der Waals surface area contributed by atoms with Gasteiger partial charge in [-0.2, -0.15) is 13.2 Å². The number of unbranched alkanes of at least 4 members (excludes halogenated alkanes) is 15. The Kier molecular flexibility index (Phi) is 15.5. The summed E-state index contributed by atoms with van der Waals surface area (Å²) < 4.78 is 58.6. The molecular weight excluding hydrogens is 510 g/mol. The van der Waals surface area contributed by atoms with Crippen LogP contribution in [0.4, 0.5) is 17.6 Å². The van der Waals surface area contributed by atoms with E-state index in [4.69, 9.17) is 4.74 Å². The van der Waals surface area contributed by atoms with E-state index in [0.717, 1.165) is 24.2 Å². The number of hydrogen-bond donors (Lipinski definition) is 0. The van der Waals surface area contributed by atoms with Crippen LogP contribution in [0.3, 0.4) is 0 Å². The van der Waals surface area contributed by atoms with Crippen LogP contribution in [-0.2, 0) is 15.7 Å². The Morgan fingerprint density at radius 1 is 0.846 bits per heavy atom. The molecule has 222 valence electrons. The molecule has 39 heavy (non-hydrogen) atoms. The smallest absolute Gasteiger partial charge is 0.416 e. The van der Waals surface area contributed by atoms with E-state index in [1.165, 1.54) is 83.5 Å². The number of amides is 1. The van der Waals surface area contributed by atoms with Crippen molar-refractivity contribution in [2.45, 2.75) is 135 Å². The zero-order valence-electron chi connectivity index (χ0n) is 23.6. The van der Waals surface area contributed by atoms with Gasteiger partial charge in [0, 0.05) is 6.54 Å². The second-order valence-corrected chi connectivity index (χ2v) is 10.8. The maximum Gasteiger partial charge on any atom is 0.416 e. The van der Waals surface area contributed by atoms with Gasteiger partial charge in [-0.05, 0) is 37.5 Å². The summed E-state index contributed by atoms with van der Waals surface area (Å²) in [5, 5.41) is 0. The number of rotatable bonds is 19. The minimum Gasteiger partial charge on any atom is -0.464 e. The minimum absolute atomic E-state index is 0.174. The van der Waals surface area contributed by atoms with Gasteiger partial charge in [-0.1, -0.05) is 103 Å². The fourth-order valence-corrected chi connectivity index (χ4v) is 5.19. The van der Waals surface area contributed by atoms with Crippen molar-refractivity contribution < 1.29 is 31.9 Å². The lowest BCUT2D eigenvalue weighted by Gasteiger charge is -2.24. The van der Waals surface area contributed by atoms with E-state index in [1.54, 1.807) is 0 Å². The average molecular weight is 558 g/mol. The molecule has 1 aliphatic rings. The molecule has 0 radical (unpaired) electrons. The van der Waals surface area contributed by atoms with Gasteiger partial charge in [0.15, 0.2) is 0 Å². The third-order valence-corrected chi connectivity index (χ3v) is 7.55. The van der Waals surface area contributed by atoms with Crippen molar-refractivity contribution in [3.05, 3.63) is 35.1 Å². The number of ether oxygens (including phenoxy) is 1. The molecule has 0 saturated carbocycles. The Labute approximate surface area is 231 Å². The van der Waals surface area contributed by atoms with Gasteiger partial charge in [0.2, 0.25) is 0 Å². The van der Waals surface area contributed by atoms with Gasteiger partial charge in [0.1, 0.15) is 11.9 Å². The number of halogens is 4. The van der Waals surface area contributed by atoms with E-state index in [0.29, 0.717) is 31.0 Å². The second kappa shape index (κ2) is 18.3. The van der Waals surface area contributed by atoms with E-state index in [2.05, 4.69) is 6.92 Å². The molecule has 2 rings (SSSR count). The number of carbonyl (C=O) groups is 2. The van der Waals surface area contributed by atoms with Crippen LogP contribution in [0, 0.1) is 5.82 Å². The van der Waals surface area contributed by atoms with E-state index in [-0.39, 0.29) is 13.2 Å². The molecule has 1 aromatic carbocycles. The van der Waals surface area contributed by atoms with Crippen LogP contribution in [0.5, 0.6) is 0 Å². The summed E-state index contributed by atoms with van der Waals surface area (Å²) in [6.07, 6.45) is 16.1. The molecular formula is C31H47F4NO3. The molecule has 8 heteroatoms. The number of likely N-dealkylation sites (tertiary alicyclic amines) is 1. The summed E-state index contributed by atoms with van der Waals surface area (Å²) in [6.45, 7) is 2.67. The Bertz CT molecular complexity index is 859. The van der Waals surface area contributed by atoms with Crippen molar-refractivity contribution in [1.82, 2.24) is 4.90 Å². The summed E-state index contributed by atoms with van der Waals surface area (Å²) >= 11 is 0. The lowest BCUT2D eigenvalue weighted by molar-refractivity contribution is -0.148. The largest absolute Gasteiger partial charge is 0.464 e. The standard InChI is InChI=1S/C31H47F4NO3/c1-2-3-4-5-6-7-8-9-10-11-12-13-14-15-16-17-23-39-30(38)28-19-18-22-36(28)29(37)26-24-25(31(33,34)35)20-21-27(26)32/h20-21,24,28H,2-19,22-23H2,1H3.